The molecule has 5 heteroatoms. The molecule has 0 amide bonds. The van der Waals surface area contributed by atoms with E-state index in [1.165, 1.54) is 5.56 Å². The molecule has 0 bridgehead atoms. The molecule has 19 heavy (non-hydrogen) atoms. The highest BCUT2D eigenvalue weighted by Gasteiger charge is 2.04. The Balaban J connectivity index is 2.18. The van der Waals surface area contributed by atoms with E-state index in [2.05, 4.69) is 38.8 Å². The predicted molar refractivity (Wildman–Crippen MR) is 77.7 cm³/mol. The molecule has 2 aromatic rings. The molecule has 0 aliphatic heterocycles. The highest BCUT2D eigenvalue weighted by atomic mass is 15.3. The van der Waals surface area contributed by atoms with Gasteiger partial charge in [0.15, 0.2) is 5.82 Å². The zero-order valence-electron chi connectivity index (χ0n) is 11.5. The summed E-state index contributed by atoms with van der Waals surface area (Å²) in [5.41, 5.74) is 2.31. The van der Waals surface area contributed by atoms with Crippen LogP contribution in [-0.4, -0.2) is 21.2 Å². The van der Waals surface area contributed by atoms with Gasteiger partial charge in [0.25, 0.3) is 0 Å². The van der Waals surface area contributed by atoms with Crippen LogP contribution in [0.25, 0.3) is 0 Å². The summed E-state index contributed by atoms with van der Waals surface area (Å²) in [6, 6.07) is 8.46. The Morgan fingerprint density at radius 1 is 1.21 bits per heavy atom. The Bertz CT molecular complexity index is 539. The normalized spacial score (nSPS) is 10.5. The number of hydrogen-bond donors (Lipinski definition) is 2. The summed E-state index contributed by atoms with van der Waals surface area (Å²) >= 11 is 0. The fourth-order valence-electron chi connectivity index (χ4n) is 1.77. The lowest BCUT2D eigenvalue weighted by molar-refractivity contribution is 0.852. The van der Waals surface area contributed by atoms with Crippen molar-refractivity contribution in [2.45, 2.75) is 33.2 Å². The van der Waals surface area contributed by atoms with Crippen LogP contribution in [-0.2, 0) is 6.42 Å². The zero-order chi connectivity index (χ0) is 13.7. The molecule has 1 heterocycles. The first-order valence-electron chi connectivity index (χ1n) is 6.50. The van der Waals surface area contributed by atoms with Crippen LogP contribution in [0.1, 0.15) is 26.3 Å². The number of nitrogens with zero attached hydrogens (tertiary/aromatic N) is 3. The lowest BCUT2D eigenvalue weighted by Crippen LogP contribution is -2.13. The van der Waals surface area contributed by atoms with Gasteiger partial charge in [-0.25, -0.2) is 0 Å². The number of anilines is 3. The maximum Gasteiger partial charge on any atom is 0.244 e. The maximum absolute atomic E-state index is 4.39. The highest BCUT2D eigenvalue weighted by Crippen LogP contribution is 2.19. The van der Waals surface area contributed by atoms with Crippen molar-refractivity contribution in [1.29, 1.82) is 0 Å². The monoisotopic (exact) mass is 257 g/mol. The average molecular weight is 257 g/mol. The lowest BCUT2D eigenvalue weighted by Gasteiger charge is -2.11. The van der Waals surface area contributed by atoms with Gasteiger partial charge < -0.3 is 10.6 Å². The van der Waals surface area contributed by atoms with Crippen molar-refractivity contribution in [2.75, 3.05) is 10.6 Å². The third kappa shape index (κ3) is 3.64. The van der Waals surface area contributed by atoms with Gasteiger partial charge in [-0.05, 0) is 31.9 Å². The van der Waals surface area contributed by atoms with Gasteiger partial charge in [0, 0.05) is 11.7 Å². The van der Waals surface area contributed by atoms with Crippen molar-refractivity contribution in [3.05, 3.63) is 36.0 Å². The Morgan fingerprint density at radius 2 is 2.00 bits per heavy atom. The van der Waals surface area contributed by atoms with Gasteiger partial charge in [-0.15, -0.1) is 5.10 Å². The van der Waals surface area contributed by atoms with Crippen LogP contribution >= 0.6 is 0 Å². The largest absolute Gasteiger partial charge is 0.351 e. The van der Waals surface area contributed by atoms with Crippen LogP contribution in [0.4, 0.5) is 17.5 Å². The van der Waals surface area contributed by atoms with Gasteiger partial charge in [-0.3, -0.25) is 0 Å². The average Bonchev–Trinajstić information content (AvgIpc) is 2.39. The molecule has 0 saturated heterocycles. The topological polar surface area (TPSA) is 62.7 Å². The van der Waals surface area contributed by atoms with Crippen molar-refractivity contribution < 1.29 is 0 Å². The Morgan fingerprint density at radius 3 is 2.74 bits per heavy atom. The molecule has 1 aromatic heterocycles. The molecule has 0 spiro atoms. The zero-order valence-corrected chi connectivity index (χ0v) is 11.5. The van der Waals surface area contributed by atoms with E-state index in [1.54, 1.807) is 6.20 Å². The van der Waals surface area contributed by atoms with E-state index in [1.807, 2.05) is 32.0 Å². The number of para-hydroxylation sites is 1. The summed E-state index contributed by atoms with van der Waals surface area (Å²) in [6.45, 7) is 6.20. The van der Waals surface area contributed by atoms with Gasteiger partial charge >= 0.3 is 0 Å². The van der Waals surface area contributed by atoms with Gasteiger partial charge in [-0.1, -0.05) is 25.1 Å². The third-order valence-corrected chi connectivity index (χ3v) is 2.64. The molecule has 0 fully saturated rings. The minimum atomic E-state index is 0.278. The van der Waals surface area contributed by atoms with Crippen molar-refractivity contribution in [3.63, 3.8) is 0 Å². The molecule has 0 atom stereocenters. The summed E-state index contributed by atoms with van der Waals surface area (Å²) in [7, 11) is 0. The Hall–Kier alpha value is -2.17. The van der Waals surface area contributed by atoms with Crippen LogP contribution in [0.15, 0.2) is 30.5 Å². The molecule has 0 saturated carbocycles. The van der Waals surface area contributed by atoms with E-state index in [-0.39, 0.29) is 6.04 Å². The predicted octanol–water partition coefficient (Wildman–Crippen LogP) is 3.00. The quantitative estimate of drug-likeness (QED) is 0.862. The number of aryl methyl sites for hydroxylation is 1. The number of benzene rings is 1. The molecular weight excluding hydrogens is 238 g/mol. The van der Waals surface area contributed by atoms with Gasteiger partial charge in [0.05, 0.1) is 6.20 Å². The van der Waals surface area contributed by atoms with Crippen LogP contribution in [0.3, 0.4) is 0 Å². The van der Waals surface area contributed by atoms with Crippen LogP contribution < -0.4 is 10.6 Å². The summed E-state index contributed by atoms with van der Waals surface area (Å²) in [4.78, 5) is 4.39. The van der Waals surface area contributed by atoms with Crippen molar-refractivity contribution in [3.8, 4) is 0 Å². The number of aromatic nitrogens is 3. The maximum atomic E-state index is 4.39. The SMILES string of the molecule is CCc1ccccc1Nc1cnnc(NC(C)C)n1. The molecule has 2 rings (SSSR count). The van der Waals surface area contributed by atoms with E-state index < -0.39 is 0 Å². The van der Waals surface area contributed by atoms with Crippen molar-refractivity contribution >= 4 is 17.5 Å². The van der Waals surface area contributed by atoms with E-state index in [4.69, 9.17) is 0 Å². The molecule has 0 aliphatic carbocycles. The van der Waals surface area contributed by atoms with E-state index >= 15 is 0 Å². The standard InChI is InChI=1S/C14H19N5/c1-4-11-7-5-6-8-12(11)17-13-9-15-19-14(18-13)16-10(2)3/h5-10H,4H2,1-3H3,(H2,16,17,18,19). The fourth-order valence-corrected chi connectivity index (χ4v) is 1.77. The molecular formula is C14H19N5. The van der Waals surface area contributed by atoms with E-state index in [0.717, 1.165) is 12.1 Å². The number of rotatable bonds is 5. The van der Waals surface area contributed by atoms with E-state index in [0.29, 0.717) is 11.8 Å². The van der Waals surface area contributed by atoms with Crippen molar-refractivity contribution in [1.82, 2.24) is 15.2 Å². The van der Waals surface area contributed by atoms with Gasteiger partial charge in [0.1, 0.15) is 0 Å². The summed E-state index contributed by atoms with van der Waals surface area (Å²) in [6.07, 6.45) is 2.59. The van der Waals surface area contributed by atoms with Crippen LogP contribution in [0.5, 0.6) is 0 Å². The second kappa shape index (κ2) is 6.13. The second-order valence-corrected chi connectivity index (χ2v) is 4.60. The first-order valence-corrected chi connectivity index (χ1v) is 6.50. The first-order chi connectivity index (χ1) is 9.19. The van der Waals surface area contributed by atoms with Crippen LogP contribution in [0.2, 0.25) is 0 Å². The molecule has 0 radical (unpaired) electrons. The molecule has 5 nitrogen and oxygen atoms in total. The van der Waals surface area contributed by atoms with Gasteiger partial charge in [0.2, 0.25) is 5.95 Å². The van der Waals surface area contributed by atoms with Gasteiger partial charge in [-0.2, -0.15) is 10.1 Å². The highest BCUT2D eigenvalue weighted by molar-refractivity contribution is 5.60. The molecule has 0 aliphatic rings. The smallest absolute Gasteiger partial charge is 0.244 e. The third-order valence-electron chi connectivity index (χ3n) is 2.64. The molecule has 0 unspecified atom stereocenters. The molecule has 100 valence electrons. The summed E-state index contributed by atoms with van der Waals surface area (Å²) in [5, 5.41) is 14.3. The molecule has 2 N–H and O–H groups in total. The van der Waals surface area contributed by atoms with E-state index in [9.17, 15) is 0 Å². The molecule has 1 aromatic carbocycles. The first kappa shape index (κ1) is 13.3. The Labute approximate surface area is 113 Å². The minimum Gasteiger partial charge on any atom is -0.351 e. The van der Waals surface area contributed by atoms with Crippen molar-refractivity contribution in [2.24, 2.45) is 0 Å². The second-order valence-electron chi connectivity index (χ2n) is 4.60. The van der Waals surface area contributed by atoms with Crippen LogP contribution in [0, 0.1) is 0 Å². The number of nitrogens with one attached hydrogen (secondary N) is 2. The Kier molecular flexibility index (Phi) is 4.28. The summed E-state index contributed by atoms with van der Waals surface area (Å²) in [5.74, 6) is 1.23. The minimum absolute atomic E-state index is 0.278. The summed E-state index contributed by atoms with van der Waals surface area (Å²) < 4.78 is 0. The fraction of sp³-hybridized carbons (Fsp3) is 0.357. The number of hydrogen-bond acceptors (Lipinski definition) is 5. The lowest BCUT2D eigenvalue weighted by atomic mass is 10.1.